The highest BCUT2D eigenvalue weighted by Crippen LogP contribution is 2.42. The van der Waals surface area contributed by atoms with E-state index in [2.05, 4.69) is 0 Å². The van der Waals surface area contributed by atoms with E-state index >= 15 is 0 Å². The highest BCUT2D eigenvalue weighted by atomic mass is 32.2. The number of ether oxygens (including phenoxy) is 3. The van der Waals surface area contributed by atoms with Crippen molar-refractivity contribution in [3.63, 3.8) is 0 Å². The Hall–Kier alpha value is -4.61. The Balaban J connectivity index is 1.92. The lowest BCUT2D eigenvalue weighted by Crippen LogP contribution is -2.41. The minimum absolute atomic E-state index is 0.0307. The summed E-state index contributed by atoms with van der Waals surface area (Å²) in [6, 6.07) is 21.5. The van der Waals surface area contributed by atoms with Gasteiger partial charge in [-0.2, -0.15) is 0 Å². The zero-order chi connectivity index (χ0) is 29.3. The Morgan fingerprint density at radius 3 is 2.24 bits per heavy atom. The van der Waals surface area contributed by atoms with Gasteiger partial charge in [0.15, 0.2) is 0 Å². The second kappa shape index (κ2) is 11.1. The predicted octanol–water partition coefficient (Wildman–Crippen LogP) is 2.44. The fraction of sp³-hybridized carbons (Fsp3) is 0.133. The third kappa shape index (κ3) is 4.94. The smallest absolute Gasteiger partial charge is 0.337 e. The van der Waals surface area contributed by atoms with E-state index in [0.717, 1.165) is 15.9 Å². The van der Waals surface area contributed by atoms with E-state index in [1.165, 1.54) is 33.5 Å². The zero-order valence-corrected chi connectivity index (χ0v) is 24.0. The van der Waals surface area contributed by atoms with Crippen molar-refractivity contribution in [1.29, 1.82) is 0 Å². The van der Waals surface area contributed by atoms with Gasteiger partial charge in [-0.25, -0.2) is 13.2 Å². The van der Waals surface area contributed by atoms with Crippen molar-refractivity contribution in [3.8, 4) is 11.5 Å². The maximum atomic E-state index is 14.2. The SMILES string of the molecule is COC(=O)C1=c2sc(=Cc3cccc(OC)c3)c(=O)n2C(N)=C(S(=O)(=O)c2ccccc2)C1c1cccc(OC)c1. The molecule has 3 aromatic carbocycles. The van der Waals surface area contributed by atoms with Gasteiger partial charge in [-0.3, -0.25) is 9.36 Å². The quantitative estimate of drug-likeness (QED) is 0.325. The molecule has 1 aliphatic heterocycles. The first-order valence-electron chi connectivity index (χ1n) is 12.4. The van der Waals surface area contributed by atoms with Crippen molar-refractivity contribution in [1.82, 2.24) is 4.57 Å². The largest absolute Gasteiger partial charge is 0.497 e. The molecule has 0 aliphatic carbocycles. The van der Waals surface area contributed by atoms with Crippen LogP contribution in [0, 0.1) is 0 Å². The van der Waals surface area contributed by atoms with Crippen molar-refractivity contribution in [3.05, 3.63) is 114 Å². The van der Waals surface area contributed by atoms with Gasteiger partial charge >= 0.3 is 5.97 Å². The van der Waals surface area contributed by atoms with Crippen LogP contribution in [0.15, 0.2) is 93.5 Å². The van der Waals surface area contributed by atoms with E-state index in [9.17, 15) is 18.0 Å². The van der Waals surface area contributed by atoms with Gasteiger partial charge in [-0.05, 0) is 53.6 Å². The van der Waals surface area contributed by atoms with Crippen LogP contribution >= 0.6 is 11.3 Å². The highest BCUT2D eigenvalue weighted by Gasteiger charge is 2.42. The molecular weight excluding hydrogens is 564 g/mol. The van der Waals surface area contributed by atoms with Gasteiger partial charge in [0.05, 0.1) is 42.2 Å². The van der Waals surface area contributed by atoms with Crippen LogP contribution in [0.1, 0.15) is 17.0 Å². The third-order valence-electron chi connectivity index (χ3n) is 6.67. The zero-order valence-electron chi connectivity index (χ0n) is 22.4. The van der Waals surface area contributed by atoms with Gasteiger partial charge in [-0.1, -0.05) is 42.5 Å². The lowest BCUT2D eigenvalue weighted by molar-refractivity contribution is -0.134. The molecule has 11 heteroatoms. The molecule has 1 atom stereocenters. The number of rotatable bonds is 7. The topological polar surface area (TPSA) is 127 Å². The number of sulfone groups is 1. The number of nitrogens with two attached hydrogens (primary N) is 1. The van der Waals surface area contributed by atoms with Crippen molar-refractivity contribution < 1.29 is 27.4 Å². The fourth-order valence-electron chi connectivity index (χ4n) is 4.75. The summed E-state index contributed by atoms with van der Waals surface area (Å²) in [6.07, 6.45) is 1.63. The van der Waals surface area contributed by atoms with Gasteiger partial charge in [0.1, 0.15) is 26.9 Å². The lowest BCUT2D eigenvalue weighted by Gasteiger charge is -2.28. The fourth-order valence-corrected chi connectivity index (χ4v) is 7.62. The second-order valence-electron chi connectivity index (χ2n) is 9.01. The first-order chi connectivity index (χ1) is 19.7. The summed E-state index contributed by atoms with van der Waals surface area (Å²) in [4.78, 5) is 26.9. The summed E-state index contributed by atoms with van der Waals surface area (Å²) in [5.41, 5.74) is 7.10. The summed E-state index contributed by atoms with van der Waals surface area (Å²) in [5, 5.41) is 0. The van der Waals surface area contributed by atoms with Crippen molar-refractivity contribution >= 4 is 44.6 Å². The van der Waals surface area contributed by atoms with Gasteiger partial charge in [0.25, 0.3) is 5.56 Å². The van der Waals surface area contributed by atoms with Gasteiger partial charge < -0.3 is 19.9 Å². The Labute approximate surface area is 240 Å². The van der Waals surface area contributed by atoms with Crippen molar-refractivity contribution in [2.45, 2.75) is 10.8 Å². The van der Waals surface area contributed by atoms with Crippen LogP contribution in [0.3, 0.4) is 0 Å². The molecule has 0 saturated heterocycles. The van der Waals surface area contributed by atoms with E-state index in [4.69, 9.17) is 19.9 Å². The van der Waals surface area contributed by atoms with Crippen molar-refractivity contribution in [2.24, 2.45) is 5.73 Å². The molecule has 0 amide bonds. The predicted molar refractivity (Wildman–Crippen MR) is 157 cm³/mol. The number of esters is 1. The van der Waals surface area contributed by atoms with Crippen LogP contribution in [-0.2, 0) is 19.4 Å². The number of aromatic nitrogens is 1. The van der Waals surface area contributed by atoms with E-state index in [0.29, 0.717) is 22.6 Å². The number of carbonyl (C=O) groups excluding carboxylic acids is 1. The Morgan fingerprint density at radius 1 is 0.927 bits per heavy atom. The minimum atomic E-state index is -4.32. The van der Waals surface area contributed by atoms with Crippen LogP contribution in [0.25, 0.3) is 17.5 Å². The van der Waals surface area contributed by atoms with Crippen molar-refractivity contribution in [2.75, 3.05) is 21.3 Å². The molecule has 0 saturated carbocycles. The number of hydrogen-bond acceptors (Lipinski definition) is 9. The minimum Gasteiger partial charge on any atom is -0.497 e. The summed E-state index contributed by atoms with van der Waals surface area (Å²) >= 11 is 1.02. The van der Waals surface area contributed by atoms with Gasteiger partial charge in [0.2, 0.25) is 9.84 Å². The number of fused-ring (bicyclic) bond motifs is 1. The summed E-state index contributed by atoms with van der Waals surface area (Å²) in [6.45, 7) is 0. The molecule has 4 aromatic rings. The van der Waals surface area contributed by atoms with E-state index in [1.54, 1.807) is 72.8 Å². The van der Waals surface area contributed by atoms with Crippen LogP contribution < -0.4 is 30.0 Å². The Bertz CT molecular complexity index is 1970. The number of thiazole rings is 1. The molecule has 210 valence electrons. The molecule has 0 spiro atoms. The maximum Gasteiger partial charge on any atom is 0.337 e. The first-order valence-corrected chi connectivity index (χ1v) is 14.7. The van der Waals surface area contributed by atoms with Crippen LogP contribution in [0.5, 0.6) is 11.5 Å². The van der Waals surface area contributed by atoms with Gasteiger partial charge in [-0.15, -0.1) is 11.3 Å². The maximum absolute atomic E-state index is 14.2. The number of nitrogens with zero attached hydrogens (tertiary/aromatic N) is 1. The second-order valence-corrected chi connectivity index (χ2v) is 12.0. The molecule has 1 unspecified atom stereocenters. The molecule has 2 heterocycles. The van der Waals surface area contributed by atoms with Gasteiger partial charge in [0, 0.05) is 0 Å². The standard InChI is InChI=1S/C30H26N2O7S2/c1-37-20-11-7-9-18(15-20)16-23-28(33)32-27(31)26(41(35,36)22-13-5-4-6-14-22)24(19-10-8-12-21(17-19)38-2)25(29(32)40-23)30(34)39-3/h4-17,24H,31H2,1-3H3. The molecule has 0 bridgehead atoms. The van der Waals surface area contributed by atoms with E-state index in [-0.39, 0.29) is 30.4 Å². The third-order valence-corrected chi connectivity index (χ3v) is 9.69. The first kappa shape index (κ1) is 27.9. The molecule has 0 radical (unpaired) electrons. The number of allylic oxidation sites excluding steroid dienone is 1. The molecule has 0 fully saturated rings. The van der Waals surface area contributed by atoms with Crippen LogP contribution in [0.4, 0.5) is 0 Å². The summed E-state index contributed by atoms with van der Waals surface area (Å²) in [5.74, 6) is -1.24. The number of methoxy groups -OCH3 is 3. The van der Waals surface area contributed by atoms with Crippen LogP contribution in [0.2, 0.25) is 0 Å². The number of hydrogen-bond donors (Lipinski definition) is 1. The molecule has 5 rings (SSSR count). The molecule has 1 aromatic heterocycles. The normalized spacial score (nSPS) is 15.4. The Morgan fingerprint density at radius 2 is 1.59 bits per heavy atom. The summed E-state index contributed by atoms with van der Waals surface area (Å²) in [7, 11) is -0.102. The van der Waals surface area contributed by atoms with Crippen LogP contribution in [-0.4, -0.2) is 40.3 Å². The molecule has 1 aliphatic rings. The Kier molecular flexibility index (Phi) is 7.57. The highest BCUT2D eigenvalue weighted by molar-refractivity contribution is 7.95. The summed E-state index contributed by atoms with van der Waals surface area (Å²) < 4.78 is 45.7. The average Bonchev–Trinajstić information content (AvgIpc) is 3.32. The molecule has 9 nitrogen and oxygen atoms in total. The number of carbonyl (C=O) groups is 1. The lowest BCUT2D eigenvalue weighted by atomic mass is 9.89. The average molecular weight is 591 g/mol. The molecule has 2 N–H and O–H groups in total. The van der Waals surface area contributed by atoms with E-state index < -0.39 is 27.3 Å². The van der Waals surface area contributed by atoms with E-state index in [1.807, 2.05) is 0 Å². The molecular formula is C30H26N2O7S2. The number of benzene rings is 3. The molecule has 41 heavy (non-hydrogen) atoms. The monoisotopic (exact) mass is 590 g/mol.